The van der Waals surface area contributed by atoms with Gasteiger partial charge in [0.1, 0.15) is 18.3 Å². The maximum absolute atomic E-state index is 14.4. The van der Waals surface area contributed by atoms with Crippen molar-refractivity contribution in [3.8, 4) is 0 Å². The quantitative estimate of drug-likeness (QED) is 0.0464. The minimum absolute atomic E-state index is 0.0110. The Morgan fingerprint density at radius 1 is 0.789 bits per heavy atom. The van der Waals surface area contributed by atoms with E-state index in [4.69, 9.17) is 48.2 Å². The van der Waals surface area contributed by atoms with E-state index in [9.17, 15) is 53.2 Å². The summed E-state index contributed by atoms with van der Waals surface area (Å²) in [6.07, 6.45) is -2.93. The first kappa shape index (κ1) is 69.4. The molecule has 28 heteroatoms. The number of carbonyl (C=O) groups is 7. The van der Waals surface area contributed by atoms with Crippen LogP contribution in [0.2, 0.25) is 0 Å². The fraction of sp³-hybridized carbons (Fsp3) is 0.677. The Morgan fingerprint density at radius 2 is 1.40 bits per heavy atom. The van der Waals surface area contributed by atoms with Gasteiger partial charge in [0.15, 0.2) is 11.0 Å². The fourth-order valence-corrected chi connectivity index (χ4v) is 17.8. The Balaban J connectivity index is 1.18. The number of benzene rings is 1. The highest BCUT2D eigenvalue weighted by Crippen LogP contribution is 2.62. The summed E-state index contributed by atoms with van der Waals surface area (Å²) in [7, 11) is -5.04. The van der Waals surface area contributed by atoms with E-state index in [1.807, 2.05) is 67.5 Å². The molecule has 90 heavy (non-hydrogen) atoms. The lowest BCUT2D eigenvalue weighted by Gasteiger charge is -2.49. The number of hydrogen-bond acceptors (Lipinski definition) is 17. The molecule has 1 aromatic heterocycles. The number of aryl methyl sites for hydroxylation is 2. The molecule has 7 heterocycles. The van der Waals surface area contributed by atoms with Crippen molar-refractivity contribution in [1.82, 2.24) is 31.6 Å². The molecule has 7 amide bonds. The van der Waals surface area contributed by atoms with E-state index in [1.54, 1.807) is 10.9 Å². The van der Waals surface area contributed by atoms with Crippen LogP contribution in [-0.4, -0.2) is 129 Å². The number of aromatic nitrogens is 2. The number of nitrogens with two attached hydrogens (primary N) is 6. The van der Waals surface area contributed by atoms with Crippen LogP contribution in [0, 0.1) is 59.2 Å². The number of imidazole rings is 1. The third-order valence-electron chi connectivity index (χ3n) is 21.8. The first-order valence-corrected chi connectivity index (χ1v) is 32.6. The normalized spacial score (nSPS) is 36.7. The second-order valence-corrected chi connectivity index (χ2v) is 29.3. The lowest BCUT2D eigenvalue weighted by Crippen LogP contribution is -2.63. The Hall–Kier alpha value is -6.45. The van der Waals surface area contributed by atoms with Gasteiger partial charge in [-0.1, -0.05) is 34.6 Å². The summed E-state index contributed by atoms with van der Waals surface area (Å²) in [4.78, 5) is 108. The van der Waals surface area contributed by atoms with Gasteiger partial charge in [0.2, 0.25) is 53.9 Å². The molecule has 0 spiro atoms. The van der Waals surface area contributed by atoms with Gasteiger partial charge in [-0.15, -0.1) is 0 Å². The number of amides is 7. The summed E-state index contributed by atoms with van der Waals surface area (Å²) in [5.41, 5.74) is 38.1. The maximum Gasteiger partial charge on any atom is 0.472 e. The Labute approximate surface area is 525 Å². The number of phosphoric ester groups is 1. The molecular weight excluding hydrogens is 1180 g/mol. The van der Waals surface area contributed by atoms with Crippen LogP contribution in [0.25, 0.3) is 11.0 Å². The fourth-order valence-electron chi connectivity index (χ4n) is 16.7. The maximum atomic E-state index is 14.4. The number of aromatic amines is 1. The smallest absolute Gasteiger partial charge is 0.394 e. The number of aliphatic hydroxyl groups is 2. The van der Waals surface area contributed by atoms with Crippen molar-refractivity contribution in [3.05, 3.63) is 63.9 Å². The van der Waals surface area contributed by atoms with Crippen molar-refractivity contribution in [2.24, 2.45) is 79.7 Å². The second kappa shape index (κ2) is 25.9. The number of phosphoric acid groups is 1. The van der Waals surface area contributed by atoms with Gasteiger partial charge in [0.25, 0.3) is 0 Å². The number of aliphatic hydroxyl groups excluding tert-OH is 2. The van der Waals surface area contributed by atoms with Crippen molar-refractivity contribution in [1.29, 1.82) is 0 Å². The van der Waals surface area contributed by atoms with Crippen LogP contribution in [0.15, 0.2) is 52.8 Å². The SMILES string of the molecule is C/C1=C2/N[C@H]([C@H](CC(N)=O)[C@@]2(C)CCC(=O)NC[C@@H](C)OP(=O)(O)O[C@H]2[C@@H](O)[C@@H]([n+]3c[nH]c4cc(C)c(C)cc43)O[C@@H]2CO)[C@]2(C)N/C(=C(/C)C3NC(/C=C4\NC1[C@@H](CCC(N)=O)C4(C)C)[C@@H](CCC(N)=O)[C@]3(C)CC(N)=O)[C@@H](CCC(N)=O)[C@]2(C)CC(N)=O. The van der Waals surface area contributed by atoms with Crippen molar-refractivity contribution >= 4 is 60.2 Å². The molecule has 4 unspecified atom stereocenters. The van der Waals surface area contributed by atoms with E-state index in [0.717, 1.165) is 33.5 Å². The van der Waals surface area contributed by atoms with Crippen molar-refractivity contribution in [3.63, 3.8) is 0 Å². The number of ether oxygens (including phenoxy) is 1. The van der Waals surface area contributed by atoms with Gasteiger partial charge in [0, 0.05) is 114 Å². The van der Waals surface area contributed by atoms with E-state index in [-0.39, 0.29) is 76.7 Å². The Bertz CT molecular complexity index is 3330. The molecule has 5 fully saturated rings. The molecule has 0 saturated carbocycles. The highest BCUT2D eigenvalue weighted by molar-refractivity contribution is 7.47. The molecule has 6 aliphatic rings. The van der Waals surface area contributed by atoms with Crippen LogP contribution in [0.4, 0.5) is 0 Å². The predicted molar refractivity (Wildman–Crippen MR) is 331 cm³/mol. The van der Waals surface area contributed by atoms with Gasteiger partial charge in [-0.2, -0.15) is 4.57 Å². The lowest BCUT2D eigenvalue weighted by atomic mass is 9.57. The van der Waals surface area contributed by atoms with E-state index in [2.05, 4.69) is 51.5 Å². The third-order valence-corrected chi connectivity index (χ3v) is 22.9. The van der Waals surface area contributed by atoms with E-state index >= 15 is 0 Å². The molecule has 8 rings (SSSR count). The average Bonchev–Trinajstić information content (AvgIpc) is 1.53. The summed E-state index contributed by atoms with van der Waals surface area (Å²) in [5, 5.41) is 40.2. The number of hydrogen-bond donors (Lipinski definition) is 15. The number of nitrogens with zero attached hydrogens (tertiary/aromatic N) is 1. The van der Waals surface area contributed by atoms with Gasteiger partial charge in [-0.3, -0.25) is 42.6 Å². The highest BCUT2D eigenvalue weighted by atomic mass is 31.2. The molecule has 21 N–H and O–H groups in total. The average molecular weight is 1280 g/mol. The predicted octanol–water partition coefficient (Wildman–Crippen LogP) is 1.13. The molecule has 498 valence electrons. The van der Waals surface area contributed by atoms with Crippen LogP contribution in [0.3, 0.4) is 0 Å². The monoisotopic (exact) mass is 1280 g/mol. The minimum atomic E-state index is -5.04. The lowest BCUT2D eigenvalue weighted by molar-refractivity contribution is -0.743. The summed E-state index contributed by atoms with van der Waals surface area (Å²) in [5.74, 6) is -6.22. The summed E-state index contributed by atoms with van der Waals surface area (Å²) >= 11 is 0. The summed E-state index contributed by atoms with van der Waals surface area (Å²) in [6.45, 7) is 20.1. The number of allylic oxidation sites excluding steroid dienone is 3. The van der Waals surface area contributed by atoms with Gasteiger partial charge < -0.3 is 80.8 Å². The number of rotatable bonds is 26. The van der Waals surface area contributed by atoms with Gasteiger partial charge in [-0.05, 0) is 120 Å². The molecule has 2 aromatic rings. The minimum Gasteiger partial charge on any atom is -0.394 e. The van der Waals surface area contributed by atoms with E-state index < -0.39 is 156 Å². The summed E-state index contributed by atoms with van der Waals surface area (Å²) in [6, 6.07) is 1.31. The topological polar surface area (TPSA) is 461 Å². The molecule has 1 aromatic carbocycles. The second-order valence-electron chi connectivity index (χ2n) is 28.0. The zero-order valence-electron chi connectivity index (χ0n) is 53.7. The first-order valence-electron chi connectivity index (χ1n) is 31.1. The van der Waals surface area contributed by atoms with E-state index in [1.165, 1.54) is 6.92 Å². The molecule has 6 aliphatic heterocycles. The number of H-pyrrole nitrogens is 1. The zero-order chi connectivity index (χ0) is 66.7. The van der Waals surface area contributed by atoms with Crippen LogP contribution < -0.4 is 65.6 Å². The first-order chi connectivity index (χ1) is 41.8. The van der Waals surface area contributed by atoms with E-state index in [0.29, 0.717) is 23.3 Å². The molecule has 18 atom stereocenters. The standard InChI is InChI=1S/C62H96N13O14P/c1-29-20-39-40(21-30(29)2)75(28-70-39)57-52(84)53(41(27-76)87-57)89-90(85,86)88-31(3)26-69-49(83)18-19-59(8)37(22-46(66)80)56-62(11)61(10,25-48(68)82)36(14-17-45(65)79)51(74-62)33(5)55-60(9,24-47(67)81)34(12-15-43(63)77)38(71-55)23-42-58(6,7)35(13-16-44(64)78)50(72-42)32(4)54(59)73-56/h20-21,23,28,31,34-38,41,50,52-53,55-57,71-74,76,84H,12-19,22,24-27H2,1-11H3,(H14,63,64,65,66,67,68,69,77,78,79,80,81,82,83,85,86)/p+1/b42-23-,51-33-,54-32-/t31-,34-,35-,36-,37+,38?,41-,50?,52-,53-,55?,56-,57+,59-,60+,61+,62+/m1/s1. The van der Waals surface area contributed by atoms with Crippen LogP contribution >= 0.6 is 7.82 Å². The van der Waals surface area contributed by atoms with Gasteiger partial charge in [0.05, 0.1) is 30.3 Å². The number of primary amides is 6. The molecule has 0 radical (unpaired) electrons. The van der Waals surface area contributed by atoms with Crippen molar-refractivity contribution in [2.45, 2.75) is 207 Å². The Kier molecular flexibility index (Phi) is 20.0. The van der Waals surface area contributed by atoms with Crippen LogP contribution in [0.1, 0.15) is 150 Å². The van der Waals surface area contributed by atoms with Gasteiger partial charge in [-0.25, -0.2) is 9.55 Å². The number of nitrogens with one attached hydrogen (secondary N) is 6. The highest BCUT2D eigenvalue weighted by Gasteiger charge is 2.68. The molecule has 8 bridgehead atoms. The summed E-state index contributed by atoms with van der Waals surface area (Å²) < 4.78 is 32.4. The van der Waals surface area contributed by atoms with Crippen molar-refractivity contribution in [2.75, 3.05) is 13.2 Å². The zero-order valence-corrected chi connectivity index (χ0v) is 54.6. The third kappa shape index (κ3) is 13.2. The number of fused-ring (bicyclic) bond motifs is 10. The van der Waals surface area contributed by atoms with Crippen LogP contribution in [-0.2, 0) is 51.9 Å². The molecular formula is C62H97N13O14P+. The molecule has 0 aliphatic carbocycles. The van der Waals surface area contributed by atoms with Crippen LogP contribution in [0.5, 0.6) is 0 Å². The Morgan fingerprint density at radius 3 is 2.00 bits per heavy atom. The molecule has 5 saturated heterocycles. The van der Waals surface area contributed by atoms with Crippen molar-refractivity contribution < 1.29 is 71.6 Å². The molecule has 27 nitrogen and oxygen atoms in total. The largest absolute Gasteiger partial charge is 0.472 e. The number of carbonyl (C=O) groups excluding carboxylic acids is 7. The van der Waals surface area contributed by atoms with Gasteiger partial charge >= 0.3 is 7.82 Å².